The zero-order valence-electron chi connectivity index (χ0n) is 17.0. The Kier molecular flexibility index (Phi) is 4.98. The summed E-state index contributed by atoms with van der Waals surface area (Å²) in [5, 5.41) is 1.27. The lowest BCUT2D eigenvalue weighted by Gasteiger charge is -2.44. The molecule has 2 saturated heterocycles. The molecule has 0 unspecified atom stereocenters. The molecule has 0 aromatic heterocycles. The van der Waals surface area contributed by atoms with Crippen LogP contribution in [-0.4, -0.2) is 28.7 Å². The topological polar surface area (TPSA) is 55.6 Å². The minimum absolute atomic E-state index is 0.126. The van der Waals surface area contributed by atoms with Gasteiger partial charge in [0.25, 0.3) is 0 Å². The van der Waals surface area contributed by atoms with E-state index >= 15 is 0 Å². The number of ether oxygens (including phenoxy) is 1. The summed E-state index contributed by atoms with van der Waals surface area (Å²) < 4.78 is 5.80. The fourth-order valence-corrected chi connectivity index (χ4v) is 5.73. The van der Waals surface area contributed by atoms with Gasteiger partial charge in [0, 0.05) is 22.0 Å². The number of fused-ring (bicyclic) bond motifs is 1. The van der Waals surface area contributed by atoms with Crippen molar-refractivity contribution in [2.45, 2.75) is 57.0 Å². The minimum Gasteiger partial charge on any atom is -0.443 e. The molecule has 0 spiro atoms. The van der Waals surface area contributed by atoms with E-state index in [1.54, 1.807) is 0 Å². The van der Waals surface area contributed by atoms with Gasteiger partial charge in [0.1, 0.15) is 6.04 Å². The number of halogens is 2. The Bertz CT molecular complexity index is 944. The molecule has 2 N–H and O–H groups in total. The third-order valence-electron chi connectivity index (χ3n) is 6.32. The number of hydrogen-bond acceptors (Lipinski definition) is 4. The largest absolute Gasteiger partial charge is 0.443 e. The van der Waals surface area contributed by atoms with Crippen molar-refractivity contribution in [1.29, 1.82) is 0 Å². The first-order valence-corrected chi connectivity index (χ1v) is 10.6. The third kappa shape index (κ3) is 3.09. The van der Waals surface area contributed by atoms with Crippen LogP contribution in [0.3, 0.4) is 0 Å². The minimum atomic E-state index is -0.829. The van der Waals surface area contributed by atoms with E-state index in [4.69, 9.17) is 33.7 Å². The molecule has 2 aliphatic rings. The molecule has 0 amide bonds. The average molecular weight is 433 g/mol. The second-order valence-corrected chi connectivity index (χ2v) is 9.75. The van der Waals surface area contributed by atoms with Crippen LogP contribution in [0.5, 0.6) is 0 Å². The second kappa shape index (κ2) is 6.98. The molecule has 2 heterocycles. The summed E-state index contributed by atoms with van der Waals surface area (Å²) in [7, 11) is 0. The molecular weight excluding hydrogens is 407 g/mol. The molecule has 0 bridgehead atoms. The van der Waals surface area contributed by atoms with Gasteiger partial charge in [-0.05, 0) is 55.2 Å². The van der Waals surface area contributed by atoms with Crippen molar-refractivity contribution in [2.24, 2.45) is 11.7 Å². The number of rotatable bonds is 3. The molecule has 6 heteroatoms. The fourth-order valence-electron chi connectivity index (χ4n) is 5.41. The normalized spacial score (nSPS) is 31.2. The van der Waals surface area contributed by atoms with Gasteiger partial charge < -0.3 is 10.5 Å². The van der Waals surface area contributed by atoms with Gasteiger partial charge in [-0.2, -0.15) is 0 Å². The molecule has 0 saturated carbocycles. The van der Waals surface area contributed by atoms with Gasteiger partial charge in [-0.3, -0.25) is 4.79 Å². The lowest BCUT2D eigenvalue weighted by atomic mass is 9.69. The van der Waals surface area contributed by atoms with Gasteiger partial charge in [0.2, 0.25) is 0 Å². The SMILES string of the molecule is CC(C)[C@@H]1N2[C@@H](C(=O)OC2(C)C)[C@H](c2cccc(Cl)c2)[C@@]1(N)c1ccc(Cl)cc1. The van der Waals surface area contributed by atoms with Crippen LogP contribution < -0.4 is 5.73 Å². The van der Waals surface area contributed by atoms with E-state index in [0.717, 1.165) is 11.1 Å². The zero-order chi connectivity index (χ0) is 21.1. The van der Waals surface area contributed by atoms with Crippen molar-refractivity contribution in [2.75, 3.05) is 0 Å². The second-order valence-electron chi connectivity index (χ2n) is 8.88. The van der Waals surface area contributed by atoms with Crippen LogP contribution in [-0.2, 0) is 15.1 Å². The van der Waals surface area contributed by atoms with E-state index in [0.29, 0.717) is 10.0 Å². The molecule has 4 rings (SSSR count). The number of carbonyl (C=O) groups excluding carboxylic acids is 1. The van der Waals surface area contributed by atoms with Crippen LogP contribution >= 0.6 is 23.2 Å². The number of cyclic esters (lactones) is 1. The van der Waals surface area contributed by atoms with E-state index in [1.807, 2.05) is 62.4 Å². The summed E-state index contributed by atoms with van der Waals surface area (Å²) in [6, 6.07) is 14.7. The maximum absolute atomic E-state index is 13.1. The smallest absolute Gasteiger partial charge is 0.325 e. The first-order chi connectivity index (χ1) is 13.6. The molecule has 2 aromatic rings. The molecule has 2 fully saturated rings. The first kappa shape index (κ1) is 20.7. The molecule has 2 aliphatic heterocycles. The van der Waals surface area contributed by atoms with Crippen molar-refractivity contribution in [3.63, 3.8) is 0 Å². The summed E-state index contributed by atoms with van der Waals surface area (Å²) in [6.45, 7) is 8.14. The van der Waals surface area contributed by atoms with Crippen LogP contribution in [0, 0.1) is 5.92 Å². The maximum atomic E-state index is 13.1. The zero-order valence-corrected chi connectivity index (χ0v) is 18.5. The predicted molar refractivity (Wildman–Crippen MR) is 116 cm³/mol. The number of carbonyl (C=O) groups is 1. The van der Waals surface area contributed by atoms with Gasteiger partial charge in [-0.15, -0.1) is 0 Å². The molecule has 2 aromatic carbocycles. The highest BCUT2D eigenvalue weighted by Gasteiger charge is 2.68. The molecule has 154 valence electrons. The highest BCUT2D eigenvalue weighted by Crippen LogP contribution is 2.57. The molecule has 0 aliphatic carbocycles. The average Bonchev–Trinajstić information content (AvgIpc) is 3.04. The van der Waals surface area contributed by atoms with Gasteiger partial charge in [-0.25, -0.2) is 4.90 Å². The number of nitrogens with two attached hydrogens (primary N) is 1. The van der Waals surface area contributed by atoms with Crippen LogP contribution in [0.1, 0.15) is 44.7 Å². The summed E-state index contributed by atoms with van der Waals surface area (Å²) >= 11 is 12.5. The predicted octanol–water partition coefficient (Wildman–Crippen LogP) is 4.93. The Morgan fingerprint density at radius 3 is 2.31 bits per heavy atom. The number of esters is 1. The number of nitrogens with zero attached hydrogens (tertiary/aromatic N) is 1. The van der Waals surface area contributed by atoms with E-state index in [-0.39, 0.29) is 23.8 Å². The standard InChI is InChI=1S/C23H26Cl2N2O2/c1-13(2)20-23(26,15-8-10-16(24)11-9-15)18(14-6-5-7-17(25)12-14)19-21(28)29-22(3,4)27(19)20/h5-13,18-20H,26H2,1-4H3/t18-,19+,20-,23-/m0/s1. The van der Waals surface area contributed by atoms with Crippen molar-refractivity contribution in [3.05, 3.63) is 69.7 Å². The quantitative estimate of drug-likeness (QED) is 0.698. The highest BCUT2D eigenvalue weighted by atomic mass is 35.5. The highest BCUT2D eigenvalue weighted by molar-refractivity contribution is 6.30. The van der Waals surface area contributed by atoms with Crippen LogP contribution in [0.25, 0.3) is 0 Å². The van der Waals surface area contributed by atoms with Crippen molar-refractivity contribution < 1.29 is 9.53 Å². The maximum Gasteiger partial charge on any atom is 0.325 e. The summed E-state index contributed by atoms with van der Waals surface area (Å²) in [5.74, 6) is -0.382. The Morgan fingerprint density at radius 2 is 1.72 bits per heavy atom. The number of benzene rings is 2. The Labute approximate surface area is 181 Å². The summed E-state index contributed by atoms with van der Waals surface area (Å²) in [5.41, 5.74) is 7.64. The van der Waals surface area contributed by atoms with Gasteiger partial charge in [-0.1, -0.05) is 61.3 Å². The lowest BCUT2D eigenvalue weighted by Crippen LogP contribution is -2.57. The monoisotopic (exact) mass is 432 g/mol. The molecule has 4 nitrogen and oxygen atoms in total. The van der Waals surface area contributed by atoms with Crippen molar-refractivity contribution in [3.8, 4) is 0 Å². The van der Waals surface area contributed by atoms with E-state index in [2.05, 4.69) is 18.7 Å². The Morgan fingerprint density at radius 1 is 1.07 bits per heavy atom. The number of hydrogen-bond donors (Lipinski definition) is 1. The Hall–Kier alpha value is -1.59. The van der Waals surface area contributed by atoms with E-state index in [9.17, 15) is 4.79 Å². The molecule has 29 heavy (non-hydrogen) atoms. The fraction of sp³-hybridized carbons (Fsp3) is 0.435. The van der Waals surface area contributed by atoms with Crippen molar-refractivity contribution >= 4 is 29.2 Å². The molecule has 0 radical (unpaired) electrons. The van der Waals surface area contributed by atoms with Gasteiger partial charge in [0.05, 0.1) is 5.54 Å². The first-order valence-electron chi connectivity index (χ1n) is 9.89. The summed E-state index contributed by atoms with van der Waals surface area (Å²) in [4.78, 5) is 15.3. The van der Waals surface area contributed by atoms with Gasteiger partial charge >= 0.3 is 5.97 Å². The van der Waals surface area contributed by atoms with Crippen LogP contribution in [0.15, 0.2) is 48.5 Å². The molecule has 4 atom stereocenters. The summed E-state index contributed by atoms with van der Waals surface area (Å²) in [6.07, 6.45) is 0. The van der Waals surface area contributed by atoms with E-state index < -0.39 is 17.3 Å². The lowest BCUT2D eigenvalue weighted by molar-refractivity contribution is -0.153. The van der Waals surface area contributed by atoms with Crippen LogP contribution in [0.2, 0.25) is 10.0 Å². The molecular formula is C23H26Cl2N2O2. The van der Waals surface area contributed by atoms with Crippen molar-refractivity contribution in [1.82, 2.24) is 4.90 Å². The van der Waals surface area contributed by atoms with E-state index in [1.165, 1.54) is 0 Å². The third-order valence-corrected chi connectivity index (χ3v) is 6.80. The van der Waals surface area contributed by atoms with Gasteiger partial charge in [0.15, 0.2) is 5.72 Å². The van der Waals surface area contributed by atoms with Crippen LogP contribution in [0.4, 0.5) is 0 Å². The Balaban J connectivity index is 2.00.